The second-order valence-electron chi connectivity index (χ2n) is 7.47. The van der Waals surface area contributed by atoms with Crippen LogP contribution >= 0.6 is 0 Å². The summed E-state index contributed by atoms with van der Waals surface area (Å²) in [7, 11) is 3.40. The number of nitrogens with one attached hydrogen (secondary N) is 2. The summed E-state index contributed by atoms with van der Waals surface area (Å²) >= 11 is 0. The Kier molecular flexibility index (Phi) is 5.78. The zero-order valence-electron chi connectivity index (χ0n) is 16.4. The summed E-state index contributed by atoms with van der Waals surface area (Å²) in [6, 6.07) is 14.0. The molecule has 0 bridgehead atoms. The maximum Gasteiger partial charge on any atom is 0.253 e. The van der Waals surface area contributed by atoms with Crippen molar-refractivity contribution in [2.24, 2.45) is 11.8 Å². The van der Waals surface area contributed by atoms with E-state index in [4.69, 9.17) is 0 Å². The predicted molar refractivity (Wildman–Crippen MR) is 108 cm³/mol. The minimum absolute atomic E-state index is 0.0388. The fraction of sp³-hybridized carbons (Fsp3) is 0.318. The molecule has 2 aromatic carbocycles. The summed E-state index contributed by atoms with van der Waals surface area (Å²) in [5.74, 6) is 0.316. The van der Waals surface area contributed by atoms with Gasteiger partial charge in [-0.3, -0.25) is 14.4 Å². The second-order valence-corrected chi connectivity index (χ2v) is 7.47. The van der Waals surface area contributed by atoms with Crippen molar-refractivity contribution in [3.63, 3.8) is 0 Å². The van der Waals surface area contributed by atoms with E-state index in [0.29, 0.717) is 29.3 Å². The number of nitrogens with zero attached hydrogens (tertiary/aromatic N) is 1. The lowest BCUT2D eigenvalue weighted by molar-refractivity contribution is -0.117. The van der Waals surface area contributed by atoms with E-state index in [1.807, 2.05) is 6.07 Å². The largest absolute Gasteiger partial charge is 0.348 e. The fourth-order valence-corrected chi connectivity index (χ4v) is 2.98. The van der Waals surface area contributed by atoms with E-state index < -0.39 is 0 Å². The van der Waals surface area contributed by atoms with Crippen LogP contribution in [0.4, 0.5) is 5.69 Å². The number of hydrogen-bond donors (Lipinski definition) is 2. The summed E-state index contributed by atoms with van der Waals surface area (Å²) in [5.41, 5.74) is 2.64. The highest BCUT2D eigenvalue weighted by atomic mass is 16.2. The average molecular weight is 379 g/mol. The number of carbonyl (C=O) groups is 3. The minimum Gasteiger partial charge on any atom is -0.348 e. The molecule has 2 atom stereocenters. The van der Waals surface area contributed by atoms with Gasteiger partial charge in [0.05, 0.1) is 0 Å². The van der Waals surface area contributed by atoms with Gasteiger partial charge in [0.1, 0.15) is 0 Å². The number of rotatable bonds is 6. The van der Waals surface area contributed by atoms with Gasteiger partial charge in [0, 0.05) is 43.4 Å². The van der Waals surface area contributed by atoms with Crippen molar-refractivity contribution >= 4 is 23.4 Å². The molecular formula is C22H25N3O3. The molecule has 1 aliphatic rings. The SMILES string of the molecule is CC1CC1C(=O)Nc1ccc(C(=O)NCc2cccc(C(=O)N(C)C)c2)cc1. The first-order valence-corrected chi connectivity index (χ1v) is 9.35. The molecule has 3 amide bonds. The highest BCUT2D eigenvalue weighted by Crippen LogP contribution is 2.38. The number of anilines is 1. The number of hydrogen-bond acceptors (Lipinski definition) is 3. The van der Waals surface area contributed by atoms with Crippen LogP contribution in [-0.4, -0.2) is 36.7 Å². The molecule has 1 saturated carbocycles. The Hall–Kier alpha value is -3.15. The van der Waals surface area contributed by atoms with Gasteiger partial charge in [-0.25, -0.2) is 0 Å². The van der Waals surface area contributed by atoms with Crippen LogP contribution < -0.4 is 10.6 Å². The van der Waals surface area contributed by atoms with Crippen molar-refractivity contribution in [2.75, 3.05) is 19.4 Å². The first kappa shape index (κ1) is 19.6. The third-order valence-electron chi connectivity index (χ3n) is 4.89. The first-order valence-electron chi connectivity index (χ1n) is 9.35. The molecule has 0 radical (unpaired) electrons. The van der Waals surface area contributed by atoms with E-state index in [2.05, 4.69) is 17.6 Å². The van der Waals surface area contributed by atoms with Crippen molar-refractivity contribution < 1.29 is 14.4 Å². The Morgan fingerprint density at radius 2 is 1.71 bits per heavy atom. The van der Waals surface area contributed by atoms with E-state index in [9.17, 15) is 14.4 Å². The van der Waals surface area contributed by atoms with Crippen molar-refractivity contribution in [1.29, 1.82) is 0 Å². The molecule has 1 fully saturated rings. The van der Waals surface area contributed by atoms with Crippen molar-refractivity contribution in [2.45, 2.75) is 19.9 Å². The van der Waals surface area contributed by atoms with Crippen LogP contribution in [0, 0.1) is 11.8 Å². The van der Waals surface area contributed by atoms with Gasteiger partial charge in [-0.2, -0.15) is 0 Å². The predicted octanol–water partition coefficient (Wildman–Crippen LogP) is 2.91. The van der Waals surface area contributed by atoms with Crippen LogP contribution in [0.15, 0.2) is 48.5 Å². The molecule has 0 spiro atoms. The third-order valence-corrected chi connectivity index (χ3v) is 4.89. The fourth-order valence-electron chi connectivity index (χ4n) is 2.98. The molecule has 6 heteroatoms. The van der Waals surface area contributed by atoms with E-state index in [-0.39, 0.29) is 23.6 Å². The molecule has 0 saturated heterocycles. The van der Waals surface area contributed by atoms with Gasteiger partial charge in [-0.05, 0) is 54.3 Å². The van der Waals surface area contributed by atoms with E-state index in [1.54, 1.807) is 56.6 Å². The van der Waals surface area contributed by atoms with Gasteiger partial charge in [-0.1, -0.05) is 19.1 Å². The Labute approximate surface area is 164 Å². The van der Waals surface area contributed by atoms with Crippen LogP contribution in [0.2, 0.25) is 0 Å². The summed E-state index contributed by atoms with van der Waals surface area (Å²) in [5, 5.41) is 5.73. The zero-order valence-corrected chi connectivity index (χ0v) is 16.4. The van der Waals surface area contributed by atoms with E-state index >= 15 is 0 Å². The lowest BCUT2D eigenvalue weighted by atomic mass is 10.1. The van der Waals surface area contributed by atoms with E-state index in [0.717, 1.165) is 12.0 Å². The molecule has 0 heterocycles. The molecule has 1 aliphatic carbocycles. The van der Waals surface area contributed by atoms with Crippen molar-refractivity contribution in [1.82, 2.24) is 10.2 Å². The maximum absolute atomic E-state index is 12.4. The van der Waals surface area contributed by atoms with Gasteiger partial charge in [0.2, 0.25) is 5.91 Å². The monoisotopic (exact) mass is 379 g/mol. The third kappa shape index (κ3) is 4.76. The lowest BCUT2D eigenvalue weighted by Crippen LogP contribution is -2.24. The molecule has 0 aromatic heterocycles. The molecule has 2 unspecified atom stereocenters. The summed E-state index contributed by atoms with van der Waals surface area (Å²) < 4.78 is 0. The highest BCUT2D eigenvalue weighted by molar-refractivity contribution is 5.97. The second kappa shape index (κ2) is 8.25. The Morgan fingerprint density at radius 1 is 1.04 bits per heavy atom. The van der Waals surface area contributed by atoms with Crippen LogP contribution in [0.25, 0.3) is 0 Å². The summed E-state index contributed by atoms with van der Waals surface area (Å²) in [6.07, 6.45) is 0.938. The van der Waals surface area contributed by atoms with Crippen molar-refractivity contribution in [3.8, 4) is 0 Å². The summed E-state index contributed by atoms with van der Waals surface area (Å²) in [4.78, 5) is 37.9. The average Bonchev–Trinajstić information content (AvgIpc) is 3.43. The lowest BCUT2D eigenvalue weighted by Gasteiger charge is -2.12. The molecule has 146 valence electrons. The van der Waals surface area contributed by atoms with Gasteiger partial charge in [-0.15, -0.1) is 0 Å². The Bertz CT molecular complexity index is 890. The Morgan fingerprint density at radius 3 is 2.32 bits per heavy atom. The van der Waals surface area contributed by atoms with Gasteiger partial charge < -0.3 is 15.5 Å². The molecule has 2 aromatic rings. The molecule has 2 N–H and O–H groups in total. The Balaban J connectivity index is 1.55. The number of amides is 3. The highest BCUT2D eigenvalue weighted by Gasteiger charge is 2.39. The number of carbonyl (C=O) groups excluding carboxylic acids is 3. The summed E-state index contributed by atoms with van der Waals surface area (Å²) in [6.45, 7) is 2.38. The molecule has 3 rings (SSSR count). The normalized spacial score (nSPS) is 17.5. The van der Waals surface area contributed by atoms with Crippen molar-refractivity contribution in [3.05, 3.63) is 65.2 Å². The molecule has 0 aliphatic heterocycles. The molecule has 28 heavy (non-hydrogen) atoms. The van der Waals surface area contributed by atoms with E-state index in [1.165, 1.54) is 4.90 Å². The van der Waals surface area contributed by atoms with Crippen LogP contribution in [0.3, 0.4) is 0 Å². The quantitative estimate of drug-likeness (QED) is 0.810. The molecule has 6 nitrogen and oxygen atoms in total. The zero-order chi connectivity index (χ0) is 20.3. The van der Waals surface area contributed by atoms with Gasteiger partial charge >= 0.3 is 0 Å². The van der Waals surface area contributed by atoms with Crippen LogP contribution in [0.5, 0.6) is 0 Å². The standard InChI is InChI=1S/C22H25N3O3/c1-14-11-19(14)21(27)24-18-9-7-16(8-10-18)20(26)23-13-15-5-4-6-17(12-15)22(28)25(2)3/h4-10,12,14,19H,11,13H2,1-3H3,(H,23,26)(H,24,27). The minimum atomic E-state index is -0.210. The van der Waals surface area contributed by atoms with Crippen LogP contribution in [0.1, 0.15) is 39.6 Å². The topological polar surface area (TPSA) is 78.5 Å². The van der Waals surface area contributed by atoms with Gasteiger partial charge in [0.25, 0.3) is 11.8 Å². The molecular weight excluding hydrogens is 354 g/mol. The van der Waals surface area contributed by atoms with Gasteiger partial charge in [0.15, 0.2) is 0 Å². The van der Waals surface area contributed by atoms with Crippen LogP contribution in [-0.2, 0) is 11.3 Å². The smallest absolute Gasteiger partial charge is 0.253 e. The number of benzene rings is 2. The maximum atomic E-state index is 12.4. The first-order chi connectivity index (χ1) is 13.3.